The van der Waals surface area contributed by atoms with Gasteiger partial charge in [-0.15, -0.1) is 16.4 Å². The second-order valence-corrected chi connectivity index (χ2v) is 6.76. The van der Waals surface area contributed by atoms with Crippen LogP contribution in [0.15, 0.2) is 41.9 Å². The number of halogens is 1. The number of nitrogens with one attached hydrogen (secondary N) is 1. The molecule has 0 atom stereocenters. The van der Waals surface area contributed by atoms with Crippen LogP contribution in [0.5, 0.6) is 0 Å². The number of hydrogen-bond acceptors (Lipinski definition) is 8. The third kappa shape index (κ3) is 4.09. The number of esters is 1. The molecule has 3 heterocycles. The minimum atomic E-state index is -0.837. The molecule has 0 fully saturated rings. The Labute approximate surface area is 167 Å². The van der Waals surface area contributed by atoms with Gasteiger partial charge in [-0.2, -0.15) is 4.98 Å². The fraction of sp³-hybridized carbons (Fsp3) is 0.111. The van der Waals surface area contributed by atoms with Crippen molar-refractivity contribution in [2.24, 2.45) is 0 Å². The number of amides is 1. The summed E-state index contributed by atoms with van der Waals surface area (Å²) in [5, 5.41) is 8.62. The standard InChI is InChI=1S/C18H13FN6O3S/c1-10-6-7-20-17-23-15(24-25(10)17)16(27)28-8-14(26)22-18-21-13(9-29-18)11-2-4-12(19)5-3-11/h2-7,9H,8H2,1H3,(H,21,22,26). The van der Waals surface area contributed by atoms with Crippen LogP contribution in [0.2, 0.25) is 0 Å². The average Bonchev–Trinajstić information content (AvgIpc) is 3.35. The zero-order chi connectivity index (χ0) is 20.4. The number of aryl methyl sites for hydroxylation is 1. The maximum Gasteiger partial charge on any atom is 0.378 e. The molecule has 0 aliphatic heterocycles. The number of benzene rings is 1. The van der Waals surface area contributed by atoms with Crippen LogP contribution in [0.3, 0.4) is 0 Å². The van der Waals surface area contributed by atoms with Crippen molar-refractivity contribution >= 4 is 34.1 Å². The van der Waals surface area contributed by atoms with E-state index in [1.165, 1.54) is 28.0 Å². The number of thiazole rings is 1. The summed E-state index contributed by atoms with van der Waals surface area (Å²) in [7, 11) is 0. The van der Waals surface area contributed by atoms with Gasteiger partial charge < -0.3 is 4.74 Å². The molecule has 146 valence electrons. The third-order valence-corrected chi connectivity index (χ3v) is 4.60. The third-order valence-electron chi connectivity index (χ3n) is 3.84. The number of carbonyl (C=O) groups is 2. The second kappa shape index (κ2) is 7.72. The Hall–Kier alpha value is -3.73. The predicted molar refractivity (Wildman–Crippen MR) is 102 cm³/mol. The molecule has 4 rings (SSSR count). The van der Waals surface area contributed by atoms with Crippen molar-refractivity contribution < 1.29 is 18.7 Å². The van der Waals surface area contributed by atoms with E-state index in [1.807, 2.05) is 0 Å². The lowest BCUT2D eigenvalue weighted by molar-refractivity contribution is -0.119. The summed E-state index contributed by atoms with van der Waals surface area (Å²) in [6, 6.07) is 7.57. The number of fused-ring (bicyclic) bond motifs is 1. The van der Waals surface area contributed by atoms with E-state index in [9.17, 15) is 14.0 Å². The van der Waals surface area contributed by atoms with Crippen LogP contribution in [0, 0.1) is 12.7 Å². The number of aromatic nitrogens is 5. The van der Waals surface area contributed by atoms with Gasteiger partial charge in [-0.05, 0) is 37.3 Å². The molecule has 1 amide bonds. The number of carbonyl (C=O) groups excluding carboxylic acids is 2. The highest BCUT2D eigenvalue weighted by Crippen LogP contribution is 2.24. The summed E-state index contributed by atoms with van der Waals surface area (Å²) in [6.07, 6.45) is 1.55. The summed E-state index contributed by atoms with van der Waals surface area (Å²) in [5.74, 6) is -1.66. The number of rotatable bonds is 5. The van der Waals surface area contributed by atoms with Crippen molar-refractivity contribution in [1.29, 1.82) is 0 Å². The highest BCUT2D eigenvalue weighted by molar-refractivity contribution is 7.14. The molecule has 29 heavy (non-hydrogen) atoms. The topological polar surface area (TPSA) is 111 Å². The van der Waals surface area contributed by atoms with Crippen LogP contribution in [-0.4, -0.2) is 43.0 Å². The van der Waals surface area contributed by atoms with Crippen LogP contribution in [-0.2, 0) is 9.53 Å². The Morgan fingerprint density at radius 3 is 2.76 bits per heavy atom. The molecule has 0 spiro atoms. The summed E-state index contributed by atoms with van der Waals surface area (Å²) >= 11 is 1.20. The maximum absolute atomic E-state index is 13.0. The van der Waals surface area contributed by atoms with Crippen LogP contribution >= 0.6 is 11.3 Å². The predicted octanol–water partition coefficient (Wildman–Crippen LogP) is 2.49. The van der Waals surface area contributed by atoms with Gasteiger partial charge in [-0.25, -0.2) is 23.7 Å². The first kappa shape index (κ1) is 18.6. The molecule has 0 saturated heterocycles. The lowest BCUT2D eigenvalue weighted by Crippen LogP contribution is -2.21. The molecule has 0 radical (unpaired) electrons. The Morgan fingerprint density at radius 1 is 1.21 bits per heavy atom. The van der Waals surface area contributed by atoms with E-state index < -0.39 is 18.5 Å². The Bertz CT molecular complexity index is 1200. The van der Waals surface area contributed by atoms with Crippen molar-refractivity contribution in [3.05, 3.63) is 59.2 Å². The molecule has 1 N–H and O–H groups in total. The van der Waals surface area contributed by atoms with Gasteiger partial charge >= 0.3 is 5.97 Å². The summed E-state index contributed by atoms with van der Waals surface area (Å²) < 4.78 is 19.4. The Kier molecular flexibility index (Phi) is 4.96. The molecule has 11 heteroatoms. The summed E-state index contributed by atoms with van der Waals surface area (Å²) in [6.45, 7) is 1.27. The van der Waals surface area contributed by atoms with Crippen LogP contribution in [0.25, 0.3) is 17.0 Å². The SMILES string of the molecule is Cc1ccnc2nc(C(=O)OCC(=O)Nc3nc(-c4ccc(F)cc4)cs3)nn12. The molecule has 0 bridgehead atoms. The van der Waals surface area contributed by atoms with Gasteiger partial charge in [-0.3, -0.25) is 10.1 Å². The molecule has 0 saturated carbocycles. The highest BCUT2D eigenvalue weighted by Gasteiger charge is 2.18. The first-order chi connectivity index (χ1) is 14.0. The minimum Gasteiger partial charge on any atom is -0.450 e. The molecule has 4 aromatic rings. The smallest absolute Gasteiger partial charge is 0.378 e. The number of nitrogens with zero attached hydrogens (tertiary/aromatic N) is 5. The van der Waals surface area contributed by atoms with Crippen LogP contribution in [0.1, 0.15) is 16.3 Å². The Balaban J connectivity index is 1.35. The van der Waals surface area contributed by atoms with Crippen LogP contribution < -0.4 is 5.32 Å². The lowest BCUT2D eigenvalue weighted by atomic mass is 10.2. The summed E-state index contributed by atoms with van der Waals surface area (Å²) in [5.41, 5.74) is 2.07. The van der Waals surface area contributed by atoms with Crippen molar-refractivity contribution in [2.75, 3.05) is 11.9 Å². The first-order valence-electron chi connectivity index (χ1n) is 8.36. The van der Waals surface area contributed by atoms with Gasteiger partial charge in [0.05, 0.1) is 5.69 Å². The number of hydrogen-bond donors (Lipinski definition) is 1. The monoisotopic (exact) mass is 412 g/mol. The Morgan fingerprint density at radius 2 is 2.00 bits per heavy atom. The van der Waals surface area contributed by atoms with E-state index >= 15 is 0 Å². The van der Waals surface area contributed by atoms with Gasteiger partial charge in [0, 0.05) is 22.8 Å². The normalized spacial score (nSPS) is 10.8. The van der Waals surface area contributed by atoms with Crippen molar-refractivity contribution in [2.45, 2.75) is 6.92 Å². The van der Waals surface area contributed by atoms with E-state index in [-0.39, 0.29) is 17.4 Å². The maximum atomic E-state index is 13.0. The lowest BCUT2D eigenvalue weighted by Gasteiger charge is -2.02. The van der Waals surface area contributed by atoms with E-state index in [2.05, 4.69) is 25.4 Å². The number of anilines is 1. The zero-order valence-corrected chi connectivity index (χ0v) is 15.8. The van der Waals surface area contributed by atoms with Gasteiger partial charge in [0.25, 0.3) is 17.5 Å². The largest absolute Gasteiger partial charge is 0.450 e. The molecule has 9 nitrogen and oxygen atoms in total. The second-order valence-electron chi connectivity index (χ2n) is 5.90. The average molecular weight is 412 g/mol. The fourth-order valence-corrected chi connectivity index (χ4v) is 3.16. The van der Waals surface area contributed by atoms with Gasteiger partial charge in [0.2, 0.25) is 0 Å². The molecule has 0 unspecified atom stereocenters. The zero-order valence-electron chi connectivity index (χ0n) is 15.0. The van der Waals surface area contributed by atoms with Gasteiger partial charge in [0.1, 0.15) is 5.82 Å². The molecular weight excluding hydrogens is 399 g/mol. The molecule has 3 aromatic heterocycles. The van der Waals surface area contributed by atoms with Gasteiger partial charge in [0.15, 0.2) is 11.7 Å². The molecule has 1 aromatic carbocycles. The van der Waals surface area contributed by atoms with E-state index in [1.54, 1.807) is 36.7 Å². The van der Waals surface area contributed by atoms with Crippen molar-refractivity contribution in [3.63, 3.8) is 0 Å². The van der Waals surface area contributed by atoms with E-state index in [0.717, 1.165) is 11.3 Å². The van der Waals surface area contributed by atoms with Crippen molar-refractivity contribution in [3.8, 4) is 11.3 Å². The number of ether oxygens (including phenoxy) is 1. The summed E-state index contributed by atoms with van der Waals surface area (Å²) in [4.78, 5) is 36.4. The quantitative estimate of drug-likeness (QED) is 0.501. The van der Waals surface area contributed by atoms with Gasteiger partial charge in [-0.1, -0.05) is 0 Å². The minimum absolute atomic E-state index is 0.188. The van der Waals surface area contributed by atoms with Crippen LogP contribution in [0.4, 0.5) is 9.52 Å². The molecule has 0 aliphatic rings. The van der Waals surface area contributed by atoms with E-state index in [0.29, 0.717) is 10.8 Å². The van der Waals surface area contributed by atoms with Crippen molar-refractivity contribution in [1.82, 2.24) is 24.6 Å². The van der Waals surface area contributed by atoms with E-state index in [4.69, 9.17) is 4.74 Å². The first-order valence-corrected chi connectivity index (χ1v) is 9.24. The fourth-order valence-electron chi connectivity index (χ4n) is 2.43. The molecular formula is C18H13FN6O3S. The molecule has 0 aliphatic carbocycles. The highest BCUT2D eigenvalue weighted by atomic mass is 32.1.